The largest absolute Gasteiger partial charge is 0.529 e. The molecule has 0 N–H and O–H groups in total. The first-order valence-corrected chi connectivity index (χ1v) is 7.80. The van der Waals surface area contributed by atoms with Gasteiger partial charge < -0.3 is 4.52 Å². The van der Waals surface area contributed by atoms with Crippen LogP contribution in [0.25, 0.3) is 0 Å². The molecule has 0 aliphatic rings. The zero-order chi connectivity index (χ0) is 15.1. The summed E-state index contributed by atoms with van der Waals surface area (Å²) in [5, 5.41) is 0. The predicted octanol–water partition coefficient (Wildman–Crippen LogP) is 4.37. The summed E-state index contributed by atoms with van der Waals surface area (Å²) in [6, 6.07) is 0. The highest BCUT2D eigenvalue weighted by Gasteiger charge is 2.28. The summed E-state index contributed by atoms with van der Waals surface area (Å²) in [5.74, 6) is -0.271. The lowest BCUT2D eigenvalue weighted by atomic mass is 10.1. The van der Waals surface area contributed by atoms with E-state index in [1.54, 1.807) is 13.8 Å². The number of hydrogen-bond acceptors (Lipinski definition) is 5. The lowest BCUT2D eigenvalue weighted by molar-refractivity contribution is -0.113. The van der Waals surface area contributed by atoms with Crippen molar-refractivity contribution in [3.05, 3.63) is 21.9 Å². The maximum absolute atomic E-state index is 12.1. The SMILES string of the molecule is CCOP(=O)(OCC)O/C(C)=C(/C=C(Cl)Cl)C(C)=O. The monoisotopic (exact) mass is 330 g/mol. The second-order valence-electron chi connectivity index (χ2n) is 3.33. The van der Waals surface area contributed by atoms with Crippen LogP contribution < -0.4 is 0 Å². The van der Waals surface area contributed by atoms with Gasteiger partial charge in [-0.25, -0.2) is 4.57 Å². The average Bonchev–Trinajstić information content (AvgIpc) is 2.25. The Labute approximate surface area is 123 Å². The zero-order valence-corrected chi connectivity index (χ0v) is 13.6. The Morgan fingerprint density at radius 1 is 1.16 bits per heavy atom. The van der Waals surface area contributed by atoms with Crippen LogP contribution in [0.4, 0.5) is 0 Å². The molecular formula is C11H17Cl2O5P. The van der Waals surface area contributed by atoms with Crippen molar-refractivity contribution in [2.45, 2.75) is 27.7 Å². The normalized spacial score (nSPS) is 12.7. The number of phosphoric ester groups is 1. The van der Waals surface area contributed by atoms with E-state index in [-0.39, 0.29) is 34.8 Å². The predicted molar refractivity (Wildman–Crippen MR) is 75.1 cm³/mol. The standard InChI is InChI=1S/C11H17Cl2O5P/c1-5-16-19(15,17-6-2)18-9(4)10(8(3)14)7-11(12)13/h7H,5-6H2,1-4H3/b10-9-. The molecule has 0 fully saturated rings. The molecule has 0 heterocycles. The molecule has 0 aromatic rings. The van der Waals surface area contributed by atoms with Crippen molar-refractivity contribution in [2.24, 2.45) is 0 Å². The van der Waals surface area contributed by atoms with Crippen LogP contribution >= 0.6 is 31.0 Å². The van der Waals surface area contributed by atoms with Gasteiger partial charge in [-0.05, 0) is 33.8 Å². The fourth-order valence-electron chi connectivity index (χ4n) is 1.18. The molecule has 0 bridgehead atoms. The highest BCUT2D eigenvalue weighted by molar-refractivity contribution is 7.48. The van der Waals surface area contributed by atoms with E-state index in [9.17, 15) is 9.36 Å². The number of halogens is 2. The van der Waals surface area contributed by atoms with Gasteiger partial charge in [0.05, 0.1) is 18.8 Å². The van der Waals surface area contributed by atoms with Gasteiger partial charge in [0.2, 0.25) is 0 Å². The maximum Gasteiger partial charge on any atom is 0.529 e. The molecule has 0 radical (unpaired) electrons. The van der Waals surface area contributed by atoms with Crippen molar-refractivity contribution in [3.8, 4) is 0 Å². The summed E-state index contributed by atoms with van der Waals surface area (Å²) in [7, 11) is -3.74. The number of rotatable bonds is 8. The summed E-state index contributed by atoms with van der Waals surface area (Å²) in [6.45, 7) is 6.35. The minimum atomic E-state index is -3.74. The van der Waals surface area contributed by atoms with Gasteiger partial charge in [-0.15, -0.1) is 0 Å². The van der Waals surface area contributed by atoms with Crippen LogP contribution in [0.2, 0.25) is 0 Å². The molecule has 0 aromatic carbocycles. The van der Waals surface area contributed by atoms with Gasteiger partial charge in [-0.2, -0.15) is 0 Å². The second-order valence-corrected chi connectivity index (χ2v) is 5.94. The molecule has 8 heteroatoms. The maximum atomic E-state index is 12.1. The van der Waals surface area contributed by atoms with Crippen LogP contribution in [0, 0.1) is 0 Å². The van der Waals surface area contributed by atoms with Gasteiger partial charge in [0.25, 0.3) is 0 Å². The minimum absolute atomic E-state index is 0.0662. The van der Waals surface area contributed by atoms with Gasteiger partial charge in [0.15, 0.2) is 5.78 Å². The first kappa shape index (κ1) is 18.7. The number of phosphoric acid groups is 1. The molecule has 0 atom stereocenters. The molecule has 0 saturated heterocycles. The molecule has 5 nitrogen and oxygen atoms in total. The lowest BCUT2D eigenvalue weighted by Crippen LogP contribution is -2.04. The number of ketones is 1. The Kier molecular flexibility index (Phi) is 8.62. The van der Waals surface area contributed by atoms with Crippen molar-refractivity contribution in [1.82, 2.24) is 0 Å². The van der Waals surface area contributed by atoms with Gasteiger partial charge >= 0.3 is 7.82 Å². The summed E-state index contributed by atoms with van der Waals surface area (Å²) in [6.07, 6.45) is 1.21. The minimum Gasteiger partial charge on any atom is -0.408 e. The van der Waals surface area contributed by atoms with Crippen molar-refractivity contribution in [3.63, 3.8) is 0 Å². The Morgan fingerprint density at radius 2 is 1.63 bits per heavy atom. The highest BCUT2D eigenvalue weighted by atomic mass is 35.5. The second kappa shape index (κ2) is 8.77. The molecular weight excluding hydrogens is 314 g/mol. The van der Waals surface area contributed by atoms with Crippen LogP contribution in [0.15, 0.2) is 21.9 Å². The van der Waals surface area contributed by atoms with Crippen LogP contribution in [0.1, 0.15) is 27.7 Å². The molecule has 0 aliphatic carbocycles. The summed E-state index contributed by atoms with van der Waals surface area (Å²) < 4.78 is 27.1. The van der Waals surface area contributed by atoms with Crippen LogP contribution in [-0.2, 0) is 22.9 Å². The van der Waals surface area contributed by atoms with E-state index >= 15 is 0 Å². The molecule has 0 rings (SSSR count). The molecule has 0 aromatic heterocycles. The fraction of sp³-hybridized carbons (Fsp3) is 0.545. The van der Waals surface area contributed by atoms with Crippen LogP contribution in [0.3, 0.4) is 0 Å². The Balaban J connectivity index is 5.34. The van der Waals surface area contributed by atoms with Gasteiger partial charge in [-0.1, -0.05) is 23.2 Å². The number of carbonyl (C=O) groups is 1. The molecule has 19 heavy (non-hydrogen) atoms. The Morgan fingerprint density at radius 3 is 1.95 bits per heavy atom. The van der Waals surface area contributed by atoms with Crippen molar-refractivity contribution < 1.29 is 22.9 Å². The number of allylic oxidation sites excluding steroid dienone is 3. The first-order valence-electron chi connectivity index (χ1n) is 5.59. The summed E-state index contributed by atoms with van der Waals surface area (Å²) in [4.78, 5) is 11.5. The molecule has 110 valence electrons. The number of carbonyl (C=O) groups excluding carboxylic acids is 1. The summed E-state index contributed by atoms with van der Waals surface area (Å²) >= 11 is 11.0. The van der Waals surface area contributed by atoms with E-state index < -0.39 is 7.82 Å². The third-order valence-electron chi connectivity index (χ3n) is 1.84. The summed E-state index contributed by atoms with van der Waals surface area (Å²) in [5.41, 5.74) is 0.0969. The first-order chi connectivity index (χ1) is 8.75. The quantitative estimate of drug-likeness (QED) is 0.286. The van der Waals surface area contributed by atoms with Crippen molar-refractivity contribution >= 4 is 36.8 Å². The average molecular weight is 331 g/mol. The van der Waals surface area contributed by atoms with Gasteiger partial charge in [0, 0.05) is 0 Å². The van der Waals surface area contributed by atoms with E-state index in [1.807, 2.05) is 0 Å². The topological polar surface area (TPSA) is 61.8 Å². The van der Waals surface area contributed by atoms with Gasteiger partial charge in [0.1, 0.15) is 10.3 Å². The van der Waals surface area contributed by atoms with E-state index in [4.69, 9.17) is 36.8 Å². The molecule has 0 saturated carbocycles. The highest BCUT2D eigenvalue weighted by Crippen LogP contribution is 2.51. The van der Waals surface area contributed by atoms with Crippen molar-refractivity contribution in [1.29, 1.82) is 0 Å². The Hall–Kier alpha value is -0.320. The molecule has 0 spiro atoms. The smallest absolute Gasteiger partial charge is 0.408 e. The van der Waals surface area contributed by atoms with E-state index in [1.165, 1.54) is 19.9 Å². The van der Waals surface area contributed by atoms with E-state index in [0.717, 1.165) is 0 Å². The fourth-order valence-corrected chi connectivity index (χ4v) is 2.65. The third kappa shape index (κ3) is 7.14. The van der Waals surface area contributed by atoms with Crippen molar-refractivity contribution in [2.75, 3.05) is 13.2 Å². The molecule has 0 amide bonds. The van der Waals surface area contributed by atoms with Gasteiger partial charge in [-0.3, -0.25) is 13.8 Å². The number of Topliss-reactive ketones (excluding diaryl/α,β-unsaturated/α-hetero) is 1. The third-order valence-corrected chi connectivity index (χ3v) is 3.70. The van der Waals surface area contributed by atoms with E-state index in [2.05, 4.69) is 0 Å². The zero-order valence-electron chi connectivity index (χ0n) is 11.2. The molecule has 0 unspecified atom stereocenters. The van der Waals surface area contributed by atoms with Crippen LogP contribution in [0.5, 0.6) is 0 Å². The van der Waals surface area contributed by atoms with E-state index in [0.29, 0.717) is 0 Å². The number of hydrogen-bond donors (Lipinski definition) is 0. The Bertz CT molecular complexity index is 417. The van der Waals surface area contributed by atoms with Crippen LogP contribution in [-0.4, -0.2) is 19.0 Å². The molecule has 0 aliphatic heterocycles. The lowest BCUT2D eigenvalue weighted by Gasteiger charge is -2.18.